The fraction of sp³-hybridized carbons (Fsp3) is 0.364. The van der Waals surface area contributed by atoms with E-state index in [9.17, 15) is 4.79 Å². The molecule has 1 saturated heterocycles. The van der Waals surface area contributed by atoms with Gasteiger partial charge in [0.25, 0.3) is 0 Å². The Kier molecular flexibility index (Phi) is 5.33. The number of para-hydroxylation sites is 1. The molecule has 5 rings (SSSR count). The van der Waals surface area contributed by atoms with E-state index in [0.29, 0.717) is 19.0 Å². The lowest BCUT2D eigenvalue weighted by molar-refractivity contribution is -0.129. The Labute approximate surface area is 178 Å². The van der Waals surface area contributed by atoms with Crippen LogP contribution in [0.1, 0.15) is 30.9 Å². The fourth-order valence-corrected chi connectivity index (χ4v) is 5.87. The van der Waals surface area contributed by atoms with Gasteiger partial charge in [0.15, 0.2) is 15.8 Å². The molecule has 0 saturated carbocycles. The Bertz CT molecular complexity index is 1000. The highest BCUT2D eigenvalue weighted by atomic mass is 32.2. The van der Waals surface area contributed by atoms with Crippen molar-refractivity contribution in [3.63, 3.8) is 0 Å². The zero-order valence-electron chi connectivity index (χ0n) is 16.0. The number of rotatable bonds is 4. The summed E-state index contributed by atoms with van der Waals surface area (Å²) < 4.78 is 13.7. The molecule has 5 nitrogen and oxygen atoms in total. The normalized spacial score (nSPS) is 18.8. The van der Waals surface area contributed by atoms with Crippen LogP contribution in [-0.2, 0) is 4.79 Å². The molecule has 0 bridgehead atoms. The summed E-state index contributed by atoms with van der Waals surface area (Å²) in [7, 11) is 0. The molecule has 1 aromatic heterocycles. The van der Waals surface area contributed by atoms with Crippen molar-refractivity contribution in [2.45, 2.75) is 29.6 Å². The molecule has 1 fully saturated rings. The third-order valence-corrected chi connectivity index (χ3v) is 7.49. The van der Waals surface area contributed by atoms with Crippen LogP contribution in [0.25, 0.3) is 10.2 Å². The van der Waals surface area contributed by atoms with Crippen molar-refractivity contribution in [2.24, 2.45) is 0 Å². The average Bonchev–Trinajstić information content (AvgIpc) is 3.33. The lowest BCUT2D eigenvalue weighted by Gasteiger charge is -2.25. The number of fused-ring (bicyclic) bond motifs is 2. The number of nitrogens with zero attached hydrogens (tertiary/aromatic N) is 2. The third kappa shape index (κ3) is 3.94. The first-order valence-corrected chi connectivity index (χ1v) is 11.8. The van der Waals surface area contributed by atoms with Gasteiger partial charge in [0.05, 0.1) is 35.2 Å². The second-order valence-corrected chi connectivity index (χ2v) is 9.49. The van der Waals surface area contributed by atoms with Crippen molar-refractivity contribution >= 4 is 39.2 Å². The second-order valence-electron chi connectivity index (χ2n) is 7.24. The molecule has 29 heavy (non-hydrogen) atoms. The van der Waals surface area contributed by atoms with Crippen LogP contribution in [-0.4, -0.2) is 41.3 Å². The van der Waals surface area contributed by atoms with E-state index in [1.54, 1.807) is 11.3 Å². The van der Waals surface area contributed by atoms with E-state index in [1.807, 2.05) is 29.2 Å². The van der Waals surface area contributed by atoms with Gasteiger partial charge in [-0.3, -0.25) is 4.79 Å². The predicted octanol–water partition coefficient (Wildman–Crippen LogP) is 4.91. The number of likely N-dealkylation sites (tertiary alicyclic amines) is 1. The lowest BCUT2D eigenvalue weighted by Crippen LogP contribution is -2.31. The number of aromatic nitrogens is 1. The first-order valence-electron chi connectivity index (χ1n) is 9.95. The SMILES string of the molecule is O=C(CSc1nc2ccccc2s1)N1CCCC1c1ccc2c(c1)OCCCO2. The molecule has 2 aliphatic heterocycles. The quantitative estimate of drug-likeness (QED) is 0.555. The molecule has 1 unspecified atom stereocenters. The molecule has 0 aliphatic carbocycles. The van der Waals surface area contributed by atoms with Crippen LogP contribution in [0, 0.1) is 0 Å². The van der Waals surface area contributed by atoms with Gasteiger partial charge in [-0.15, -0.1) is 11.3 Å². The maximum atomic E-state index is 13.0. The summed E-state index contributed by atoms with van der Waals surface area (Å²) in [6, 6.07) is 14.3. The molecule has 1 atom stereocenters. The van der Waals surface area contributed by atoms with Crippen LogP contribution < -0.4 is 9.47 Å². The van der Waals surface area contributed by atoms with Crippen LogP contribution in [0.3, 0.4) is 0 Å². The molecular weight excluding hydrogens is 404 g/mol. The van der Waals surface area contributed by atoms with Crippen molar-refractivity contribution in [1.82, 2.24) is 9.88 Å². The first kappa shape index (κ1) is 18.8. The molecule has 2 aromatic carbocycles. The van der Waals surface area contributed by atoms with Crippen molar-refractivity contribution < 1.29 is 14.3 Å². The summed E-state index contributed by atoms with van der Waals surface area (Å²) in [4.78, 5) is 19.6. The highest BCUT2D eigenvalue weighted by Crippen LogP contribution is 2.38. The summed E-state index contributed by atoms with van der Waals surface area (Å²) in [6.07, 6.45) is 2.90. The maximum Gasteiger partial charge on any atom is 0.233 e. The van der Waals surface area contributed by atoms with Crippen molar-refractivity contribution in [3.8, 4) is 11.5 Å². The number of amides is 1. The van der Waals surface area contributed by atoms with Crippen LogP contribution >= 0.6 is 23.1 Å². The second kappa shape index (κ2) is 8.24. The molecule has 2 aliphatic rings. The molecule has 0 radical (unpaired) electrons. The van der Waals surface area contributed by atoms with Crippen LogP contribution in [0.2, 0.25) is 0 Å². The third-order valence-electron chi connectivity index (χ3n) is 5.32. The molecule has 7 heteroatoms. The molecule has 0 spiro atoms. The van der Waals surface area contributed by atoms with E-state index in [4.69, 9.17) is 9.47 Å². The minimum absolute atomic E-state index is 0.107. The first-order chi connectivity index (χ1) is 14.3. The van der Waals surface area contributed by atoms with Crippen LogP contribution in [0.5, 0.6) is 11.5 Å². The number of hydrogen-bond acceptors (Lipinski definition) is 6. The summed E-state index contributed by atoms with van der Waals surface area (Å²) >= 11 is 3.18. The summed E-state index contributed by atoms with van der Waals surface area (Å²) in [5, 5.41) is 0. The number of hydrogen-bond donors (Lipinski definition) is 0. The van der Waals surface area contributed by atoms with Crippen molar-refractivity contribution in [2.75, 3.05) is 25.5 Å². The Morgan fingerprint density at radius 1 is 1.14 bits per heavy atom. The zero-order chi connectivity index (χ0) is 19.6. The van der Waals surface area contributed by atoms with Gasteiger partial charge in [-0.2, -0.15) is 0 Å². The van der Waals surface area contributed by atoms with E-state index >= 15 is 0 Å². The van der Waals surface area contributed by atoms with E-state index in [-0.39, 0.29) is 11.9 Å². The number of benzene rings is 2. The minimum Gasteiger partial charge on any atom is -0.490 e. The topological polar surface area (TPSA) is 51.7 Å². The maximum absolute atomic E-state index is 13.0. The van der Waals surface area contributed by atoms with Crippen LogP contribution in [0.15, 0.2) is 46.8 Å². The summed E-state index contributed by atoms with van der Waals surface area (Å²) in [5.41, 5.74) is 2.13. The van der Waals surface area contributed by atoms with Gasteiger partial charge in [0.1, 0.15) is 0 Å². The van der Waals surface area contributed by atoms with Gasteiger partial charge >= 0.3 is 0 Å². The van der Waals surface area contributed by atoms with E-state index < -0.39 is 0 Å². The van der Waals surface area contributed by atoms with E-state index in [1.165, 1.54) is 11.8 Å². The Morgan fingerprint density at radius 2 is 2.00 bits per heavy atom. The smallest absolute Gasteiger partial charge is 0.233 e. The standard InChI is InChI=1S/C22H22N2O3S2/c25-21(14-28-22-23-16-5-1-2-7-20(16)29-22)24-10-3-6-17(24)15-8-9-18-19(13-15)27-12-4-11-26-18/h1-2,5,7-9,13,17H,3-4,6,10-12,14H2. The van der Waals surface area contributed by atoms with Gasteiger partial charge < -0.3 is 14.4 Å². The largest absolute Gasteiger partial charge is 0.490 e. The number of ether oxygens (including phenoxy) is 2. The number of thioether (sulfide) groups is 1. The van der Waals surface area contributed by atoms with Gasteiger partial charge in [-0.1, -0.05) is 30.0 Å². The van der Waals surface area contributed by atoms with E-state index in [2.05, 4.69) is 23.2 Å². The number of carbonyl (C=O) groups is 1. The van der Waals surface area contributed by atoms with E-state index in [0.717, 1.165) is 57.4 Å². The molecule has 0 N–H and O–H groups in total. The number of carbonyl (C=O) groups excluding carboxylic acids is 1. The van der Waals surface area contributed by atoms with Gasteiger partial charge in [0, 0.05) is 13.0 Å². The summed E-state index contributed by atoms with van der Waals surface area (Å²) in [5.74, 6) is 2.18. The monoisotopic (exact) mass is 426 g/mol. The fourth-order valence-electron chi connectivity index (χ4n) is 3.92. The molecule has 150 valence electrons. The Hall–Kier alpha value is -2.25. The molecule has 3 aromatic rings. The zero-order valence-corrected chi connectivity index (χ0v) is 17.6. The summed E-state index contributed by atoms with van der Waals surface area (Å²) in [6.45, 7) is 2.16. The molecule has 3 heterocycles. The minimum atomic E-state index is 0.107. The lowest BCUT2D eigenvalue weighted by atomic mass is 10.0. The van der Waals surface area contributed by atoms with Crippen LogP contribution in [0.4, 0.5) is 0 Å². The Balaban J connectivity index is 1.28. The van der Waals surface area contributed by atoms with Gasteiger partial charge in [-0.25, -0.2) is 4.98 Å². The molecular formula is C22H22N2O3S2. The number of thiazole rings is 1. The van der Waals surface area contributed by atoms with Crippen molar-refractivity contribution in [1.29, 1.82) is 0 Å². The highest BCUT2D eigenvalue weighted by Gasteiger charge is 2.30. The van der Waals surface area contributed by atoms with Gasteiger partial charge in [-0.05, 0) is 42.7 Å². The Morgan fingerprint density at radius 3 is 2.90 bits per heavy atom. The average molecular weight is 427 g/mol. The predicted molar refractivity (Wildman–Crippen MR) is 116 cm³/mol. The van der Waals surface area contributed by atoms with Crippen molar-refractivity contribution in [3.05, 3.63) is 48.0 Å². The highest BCUT2D eigenvalue weighted by molar-refractivity contribution is 8.01. The van der Waals surface area contributed by atoms with Gasteiger partial charge in [0.2, 0.25) is 5.91 Å². The molecule has 1 amide bonds.